The zero-order valence-corrected chi connectivity index (χ0v) is 10.1. The van der Waals surface area contributed by atoms with Gasteiger partial charge in [-0.3, -0.25) is 4.79 Å². The van der Waals surface area contributed by atoms with Crippen molar-refractivity contribution in [1.82, 2.24) is 10.6 Å². The number of ether oxygens (including phenoxy) is 1. The first kappa shape index (κ1) is 13.0. The molecule has 5 heteroatoms. The van der Waals surface area contributed by atoms with E-state index in [4.69, 9.17) is 0 Å². The average molecular weight is 228 g/mol. The van der Waals surface area contributed by atoms with Crippen LogP contribution in [0, 0.1) is 5.92 Å². The number of hydrogen-bond donors (Lipinski definition) is 2. The molecule has 0 aromatic rings. The number of carbonyl (C=O) groups excluding carboxylic acids is 2. The topological polar surface area (TPSA) is 67.4 Å². The van der Waals surface area contributed by atoms with Gasteiger partial charge in [0.15, 0.2) is 0 Å². The molecule has 1 fully saturated rings. The zero-order valence-electron chi connectivity index (χ0n) is 10.1. The van der Waals surface area contributed by atoms with E-state index in [9.17, 15) is 9.59 Å². The minimum Gasteiger partial charge on any atom is -0.467 e. The minimum atomic E-state index is -0.587. The predicted molar refractivity (Wildman–Crippen MR) is 59.8 cm³/mol. The van der Waals surface area contributed by atoms with Gasteiger partial charge in [-0.15, -0.1) is 0 Å². The summed E-state index contributed by atoms with van der Waals surface area (Å²) in [7, 11) is 1.31. The molecule has 5 nitrogen and oxygen atoms in total. The summed E-state index contributed by atoms with van der Waals surface area (Å²) in [5, 5.41) is 5.79. The third-order valence-electron chi connectivity index (χ3n) is 2.90. The maximum absolute atomic E-state index is 11.8. The number of carbonyl (C=O) groups is 2. The van der Waals surface area contributed by atoms with Crippen LogP contribution < -0.4 is 10.6 Å². The lowest BCUT2D eigenvalue weighted by molar-refractivity contribution is -0.144. The largest absolute Gasteiger partial charge is 0.467 e. The van der Waals surface area contributed by atoms with Crippen molar-refractivity contribution in [2.45, 2.75) is 38.8 Å². The van der Waals surface area contributed by atoms with Crippen LogP contribution in [0.1, 0.15) is 26.7 Å². The molecule has 1 heterocycles. The van der Waals surface area contributed by atoms with Gasteiger partial charge in [0, 0.05) is 0 Å². The van der Waals surface area contributed by atoms with Crippen molar-refractivity contribution in [3.8, 4) is 0 Å². The molecule has 0 bridgehead atoms. The molecule has 2 N–H and O–H groups in total. The summed E-state index contributed by atoms with van der Waals surface area (Å²) in [5.41, 5.74) is 0. The lowest BCUT2D eigenvalue weighted by atomic mass is 9.94. The van der Waals surface area contributed by atoms with Gasteiger partial charge in [-0.25, -0.2) is 4.79 Å². The number of rotatable bonds is 3. The monoisotopic (exact) mass is 228 g/mol. The van der Waals surface area contributed by atoms with Gasteiger partial charge in [0.05, 0.1) is 13.2 Å². The van der Waals surface area contributed by atoms with Crippen LogP contribution in [-0.4, -0.2) is 37.6 Å². The Hall–Kier alpha value is -1.10. The third-order valence-corrected chi connectivity index (χ3v) is 2.90. The highest BCUT2D eigenvalue weighted by Crippen LogP contribution is 2.15. The highest BCUT2D eigenvalue weighted by Gasteiger charge is 2.26. The quantitative estimate of drug-likeness (QED) is 0.670. The SMILES string of the molecule is COC(=O)C(C)NC(=O)C1CC(C)CCN1. The van der Waals surface area contributed by atoms with E-state index in [-0.39, 0.29) is 11.9 Å². The van der Waals surface area contributed by atoms with Gasteiger partial charge in [0.1, 0.15) is 6.04 Å². The van der Waals surface area contributed by atoms with Gasteiger partial charge in [-0.1, -0.05) is 6.92 Å². The summed E-state index contributed by atoms with van der Waals surface area (Å²) in [4.78, 5) is 22.9. The number of amides is 1. The fourth-order valence-corrected chi connectivity index (χ4v) is 1.86. The molecule has 1 rings (SSSR count). The Kier molecular flexibility index (Phi) is 4.73. The highest BCUT2D eigenvalue weighted by molar-refractivity contribution is 5.87. The van der Waals surface area contributed by atoms with Gasteiger partial charge < -0.3 is 15.4 Å². The molecular formula is C11H20N2O3. The standard InChI is InChI=1S/C11H20N2O3/c1-7-4-5-12-9(6-7)10(14)13-8(2)11(15)16-3/h7-9,12H,4-6H2,1-3H3,(H,13,14). The molecule has 1 aliphatic heterocycles. The Labute approximate surface area is 95.9 Å². The van der Waals surface area contributed by atoms with E-state index in [1.165, 1.54) is 7.11 Å². The van der Waals surface area contributed by atoms with Gasteiger partial charge in [0.25, 0.3) is 0 Å². The van der Waals surface area contributed by atoms with Crippen LogP contribution in [0.15, 0.2) is 0 Å². The number of esters is 1. The molecule has 0 aromatic heterocycles. The summed E-state index contributed by atoms with van der Waals surface area (Å²) in [6.07, 6.45) is 1.91. The molecule has 16 heavy (non-hydrogen) atoms. The van der Waals surface area contributed by atoms with Crippen molar-refractivity contribution < 1.29 is 14.3 Å². The molecule has 0 aliphatic carbocycles. The molecule has 1 saturated heterocycles. The van der Waals surface area contributed by atoms with E-state index in [2.05, 4.69) is 22.3 Å². The van der Waals surface area contributed by atoms with Crippen LogP contribution in [-0.2, 0) is 14.3 Å². The zero-order chi connectivity index (χ0) is 12.1. The molecule has 1 aliphatic rings. The second-order valence-corrected chi connectivity index (χ2v) is 4.39. The molecular weight excluding hydrogens is 208 g/mol. The van der Waals surface area contributed by atoms with Crippen LogP contribution >= 0.6 is 0 Å². The first-order chi connectivity index (χ1) is 7.54. The van der Waals surface area contributed by atoms with E-state index in [1.807, 2.05) is 0 Å². The van der Waals surface area contributed by atoms with E-state index in [0.29, 0.717) is 5.92 Å². The molecule has 0 radical (unpaired) electrons. The molecule has 92 valence electrons. The number of piperidine rings is 1. The summed E-state index contributed by atoms with van der Waals surface area (Å²) in [5.74, 6) is 0.00657. The Morgan fingerprint density at radius 1 is 1.50 bits per heavy atom. The Bertz CT molecular complexity index is 268. The number of methoxy groups -OCH3 is 1. The lowest BCUT2D eigenvalue weighted by Crippen LogP contribution is -2.52. The van der Waals surface area contributed by atoms with Gasteiger partial charge in [-0.2, -0.15) is 0 Å². The maximum Gasteiger partial charge on any atom is 0.328 e. The van der Waals surface area contributed by atoms with E-state index < -0.39 is 12.0 Å². The maximum atomic E-state index is 11.8. The lowest BCUT2D eigenvalue weighted by Gasteiger charge is -2.27. The van der Waals surface area contributed by atoms with E-state index in [0.717, 1.165) is 19.4 Å². The highest BCUT2D eigenvalue weighted by atomic mass is 16.5. The second kappa shape index (κ2) is 5.84. The summed E-state index contributed by atoms with van der Waals surface area (Å²) < 4.78 is 4.55. The first-order valence-corrected chi connectivity index (χ1v) is 5.66. The summed E-state index contributed by atoms with van der Waals surface area (Å²) in [6, 6.07) is -0.771. The Morgan fingerprint density at radius 3 is 2.75 bits per heavy atom. The molecule has 1 amide bonds. The molecule has 0 aromatic carbocycles. The smallest absolute Gasteiger partial charge is 0.328 e. The number of hydrogen-bond acceptors (Lipinski definition) is 4. The van der Waals surface area contributed by atoms with E-state index >= 15 is 0 Å². The fourth-order valence-electron chi connectivity index (χ4n) is 1.86. The van der Waals surface area contributed by atoms with Crippen molar-refractivity contribution in [3.05, 3.63) is 0 Å². The first-order valence-electron chi connectivity index (χ1n) is 5.66. The van der Waals surface area contributed by atoms with Crippen LogP contribution in [0.5, 0.6) is 0 Å². The van der Waals surface area contributed by atoms with Crippen LogP contribution in [0.4, 0.5) is 0 Å². The Morgan fingerprint density at radius 2 is 2.19 bits per heavy atom. The van der Waals surface area contributed by atoms with Gasteiger partial charge in [0.2, 0.25) is 5.91 Å². The fraction of sp³-hybridized carbons (Fsp3) is 0.818. The normalized spacial score (nSPS) is 26.9. The summed E-state index contributed by atoms with van der Waals surface area (Å²) in [6.45, 7) is 4.60. The van der Waals surface area contributed by atoms with Gasteiger partial charge in [-0.05, 0) is 32.2 Å². The number of nitrogens with one attached hydrogen (secondary N) is 2. The minimum absolute atomic E-state index is 0.121. The molecule has 0 saturated carbocycles. The predicted octanol–water partition coefficient (Wildman–Crippen LogP) is 0.0522. The molecule has 3 atom stereocenters. The Balaban J connectivity index is 2.42. The third kappa shape index (κ3) is 3.48. The van der Waals surface area contributed by atoms with E-state index in [1.54, 1.807) is 6.92 Å². The molecule has 0 spiro atoms. The average Bonchev–Trinajstić information content (AvgIpc) is 2.27. The summed E-state index contributed by atoms with van der Waals surface area (Å²) >= 11 is 0. The van der Waals surface area contributed by atoms with Crippen LogP contribution in [0.25, 0.3) is 0 Å². The van der Waals surface area contributed by atoms with Gasteiger partial charge >= 0.3 is 5.97 Å². The van der Waals surface area contributed by atoms with Crippen molar-refractivity contribution >= 4 is 11.9 Å². The van der Waals surface area contributed by atoms with Crippen LogP contribution in [0.2, 0.25) is 0 Å². The van der Waals surface area contributed by atoms with Crippen molar-refractivity contribution in [3.63, 3.8) is 0 Å². The van der Waals surface area contributed by atoms with Crippen molar-refractivity contribution in [2.24, 2.45) is 5.92 Å². The molecule has 3 unspecified atom stereocenters. The second-order valence-electron chi connectivity index (χ2n) is 4.39. The van der Waals surface area contributed by atoms with Crippen molar-refractivity contribution in [1.29, 1.82) is 0 Å². The van der Waals surface area contributed by atoms with Crippen molar-refractivity contribution in [2.75, 3.05) is 13.7 Å². The van der Waals surface area contributed by atoms with Crippen LogP contribution in [0.3, 0.4) is 0 Å².